The van der Waals surface area contributed by atoms with Crippen LogP contribution in [0.3, 0.4) is 0 Å². The topological polar surface area (TPSA) is 81.4 Å². The van der Waals surface area contributed by atoms with E-state index in [0.29, 0.717) is 5.56 Å². The Kier molecular flexibility index (Phi) is 5.47. The van der Waals surface area contributed by atoms with E-state index in [1.807, 2.05) is 0 Å². The maximum Gasteiger partial charge on any atom is 0.252 e. The lowest BCUT2D eigenvalue weighted by atomic mass is 10.1. The Morgan fingerprint density at radius 3 is 2.17 bits per heavy atom. The SMILES string of the molecule is COc1c(Cl)cc(C(=O)N[C@@H](C(N)=O)c2ccccc2)cc1Cl. The van der Waals surface area contributed by atoms with Gasteiger partial charge in [0.25, 0.3) is 5.91 Å². The fraction of sp³-hybridized carbons (Fsp3) is 0.125. The van der Waals surface area contributed by atoms with Crippen LogP contribution in [-0.2, 0) is 4.79 Å². The first-order valence-corrected chi connectivity index (χ1v) is 7.37. The monoisotopic (exact) mass is 352 g/mol. The third-order valence-electron chi connectivity index (χ3n) is 3.16. The number of hydrogen-bond donors (Lipinski definition) is 2. The van der Waals surface area contributed by atoms with Crippen LogP contribution >= 0.6 is 23.2 Å². The standard InChI is InChI=1S/C16H14Cl2N2O3/c1-23-14-11(17)7-10(8-12(14)18)16(22)20-13(15(19)21)9-5-3-2-4-6-9/h2-8,13H,1H3,(H2,19,21)(H,20,22)/t13-/m1/s1. The summed E-state index contributed by atoms with van der Waals surface area (Å²) in [4.78, 5) is 24.0. The number of nitrogens with two attached hydrogens (primary N) is 1. The number of methoxy groups -OCH3 is 1. The molecule has 120 valence electrons. The van der Waals surface area contributed by atoms with Gasteiger partial charge in [-0.3, -0.25) is 9.59 Å². The summed E-state index contributed by atoms with van der Waals surface area (Å²) < 4.78 is 5.03. The van der Waals surface area contributed by atoms with Gasteiger partial charge in [0.1, 0.15) is 6.04 Å². The number of rotatable bonds is 5. The highest BCUT2D eigenvalue weighted by Crippen LogP contribution is 2.33. The molecule has 0 aliphatic rings. The average molecular weight is 353 g/mol. The number of hydrogen-bond acceptors (Lipinski definition) is 3. The summed E-state index contributed by atoms with van der Waals surface area (Å²) in [6, 6.07) is 10.6. The lowest BCUT2D eigenvalue weighted by Crippen LogP contribution is -2.37. The number of amides is 2. The van der Waals surface area contributed by atoms with E-state index in [1.165, 1.54) is 19.2 Å². The quantitative estimate of drug-likeness (QED) is 0.867. The van der Waals surface area contributed by atoms with E-state index < -0.39 is 17.9 Å². The van der Waals surface area contributed by atoms with Crippen LogP contribution in [0.25, 0.3) is 0 Å². The van der Waals surface area contributed by atoms with Crippen molar-refractivity contribution in [2.45, 2.75) is 6.04 Å². The Hall–Kier alpha value is -2.24. The molecule has 0 bridgehead atoms. The number of nitrogens with one attached hydrogen (secondary N) is 1. The van der Waals surface area contributed by atoms with Crippen LogP contribution in [0, 0.1) is 0 Å². The Morgan fingerprint density at radius 1 is 1.13 bits per heavy atom. The van der Waals surface area contributed by atoms with Gasteiger partial charge in [0.2, 0.25) is 5.91 Å². The maximum atomic E-state index is 12.4. The Labute approximate surface area is 143 Å². The third-order valence-corrected chi connectivity index (χ3v) is 3.72. The van der Waals surface area contributed by atoms with Gasteiger partial charge in [-0.25, -0.2) is 0 Å². The number of carbonyl (C=O) groups excluding carboxylic acids is 2. The predicted molar refractivity (Wildman–Crippen MR) is 88.9 cm³/mol. The van der Waals surface area contributed by atoms with Gasteiger partial charge in [0.15, 0.2) is 5.75 Å². The molecule has 0 saturated heterocycles. The number of halogens is 2. The van der Waals surface area contributed by atoms with Crippen molar-refractivity contribution < 1.29 is 14.3 Å². The number of ether oxygens (including phenoxy) is 1. The van der Waals surface area contributed by atoms with Gasteiger partial charge in [0.05, 0.1) is 17.2 Å². The maximum absolute atomic E-state index is 12.4. The van der Waals surface area contributed by atoms with Gasteiger partial charge in [-0.1, -0.05) is 53.5 Å². The van der Waals surface area contributed by atoms with E-state index in [2.05, 4.69) is 5.32 Å². The van der Waals surface area contributed by atoms with Crippen LogP contribution in [-0.4, -0.2) is 18.9 Å². The molecule has 2 aromatic rings. The summed E-state index contributed by atoms with van der Waals surface area (Å²) in [7, 11) is 1.42. The predicted octanol–water partition coefficient (Wildman–Crippen LogP) is 2.96. The third kappa shape index (κ3) is 3.94. The molecule has 0 unspecified atom stereocenters. The molecule has 5 nitrogen and oxygen atoms in total. The van der Waals surface area contributed by atoms with Crippen molar-refractivity contribution in [3.05, 3.63) is 63.6 Å². The van der Waals surface area contributed by atoms with Gasteiger partial charge >= 0.3 is 0 Å². The number of carbonyl (C=O) groups is 2. The van der Waals surface area contributed by atoms with Crippen LogP contribution in [0.1, 0.15) is 22.0 Å². The van der Waals surface area contributed by atoms with Crippen molar-refractivity contribution in [2.75, 3.05) is 7.11 Å². The van der Waals surface area contributed by atoms with E-state index in [-0.39, 0.29) is 21.4 Å². The normalized spacial score (nSPS) is 11.6. The minimum atomic E-state index is -0.955. The lowest BCUT2D eigenvalue weighted by Gasteiger charge is -2.16. The molecule has 2 amide bonds. The molecule has 1 atom stereocenters. The molecule has 23 heavy (non-hydrogen) atoms. The molecule has 2 aromatic carbocycles. The molecule has 0 aromatic heterocycles. The van der Waals surface area contributed by atoms with Crippen molar-refractivity contribution >= 4 is 35.0 Å². The summed E-state index contributed by atoms with van der Waals surface area (Å²) in [5, 5.41) is 2.96. The molecule has 0 spiro atoms. The Balaban J connectivity index is 2.28. The van der Waals surface area contributed by atoms with Crippen molar-refractivity contribution in [3.63, 3.8) is 0 Å². The highest BCUT2D eigenvalue weighted by Gasteiger charge is 2.22. The Morgan fingerprint density at radius 2 is 1.70 bits per heavy atom. The Bertz CT molecular complexity index is 712. The van der Waals surface area contributed by atoms with Gasteiger partial charge in [0, 0.05) is 5.56 Å². The minimum absolute atomic E-state index is 0.195. The second kappa shape index (κ2) is 7.35. The number of primary amides is 1. The second-order valence-corrected chi connectivity index (χ2v) is 5.51. The highest BCUT2D eigenvalue weighted by molar-refractivity contribution is 6.37. The average Bonchev–Trinajstić information content (AvgIpc) is 2.52. The van der Waals surface area contributed by atoms with E-state index in [9.17, 15) is 9.59 Å². The summed E-state index contributed by atoms with van der Waals surface area (Å²) in [5.41, 5.74) is 6.15. The first-order chi connectivity index (χ1) is 10.9. The summed E-state index contributed by atoms with van der Waals surface area (Å²) in [6.07, 6.45) is 0. The van der Waals surface area contributed by atoms with Crippen LogP contribution in [0.2, 0.25) is 10.0 Å². The van der Waals surface area contributed by atoms with Gasteiger partial charge in [-0.2, -0.15) is 0 Å². The first-order valence-electron chi connectivity index (χ1n) is 6.62. The van der Waals surface area contributed by atoms with Gasteiger partial charge in [-0.05, 0) is 17.7 Å². The molecule has 0 saturated carbocycles. The van der Waals surface area contributed by atoms with Crippen molar-refractivity contribution in [3.8, 4) is 5.75 Å². The van der Waals surface area contributed by atoms with E-state index in [4.69, 9.17) is 33.7 Å². The highest BCUT2D eigenvalue weighted by atomic mass is 35.5. The van der Waals surface area contributed by atoms with E-state index in [0.717, 1.165) is 0 Å². The summed E-state index contributed by atoms with van der Waals surface area (Å²) >= 11 is 12.0. The molecule has 2 rings (SSSR count). The first kappa shape index (κ1) is 17.1. The zero-order valence-corrected chi connectivity index (χ0v) is 13.7. The fourth-order valence-electron chi connectivity index (χ4n) is 2.06. The molecule has 0 heterocycles. The van der Waals surface area contributed by atoms with E-state index in [1.54, 1.807) is 30.3 Å². The smallest absolute Gasteiger partial charge is 0.252 e. The molecule has 0 radical (unpaired) electrons. The molecule has 0 fully saturated rings. The molecular weight excluding hydrogens is 339 g/mol. The molecule has 0 aliphatic heterocycles. The molecule has 0 aliphatic carbocycles. The largest absolute Gasteiger partial charge is 0.494 e. The molecular formula is C16H14Cl2N2O3. The summed E-state index contributed by atoms with van der Waals surface area (Å²) in [5.74, 6) is -0.918. The molecule has 7 heteroatoms. The number of benzene rings is 2. The van der Waals surface area contributed by atoms with Crippen LogP contribution in [0.4, 0.5) is 0 Å². The van der Waals surface area contributed by atoms with Crippen LogP contribution in [0.5, 0.6) is 5.75 Å². The second-order valence-electron chi connectivity index (χ2n) is 4.69. The fourth-order valence-corrected chi connectivity index (χ4v) is 2.71. The molecule has 3 N–H and O–H groups in total. The zero-order chi connectivity index (χ0) is 17.0. The minimum Gasteiger partial charge on any atom is -0.494 e. The van der Waals surface area contributed by atoms with Gasteiger partial charge < -0.3 is 15.8 Å². The van der Waals surface area contributed by atoms with Crippen LogP contribution < -0.4 is 15.8 Å². The van der Waals surface area contributed by atoms with Crippen molar-refractivity contribution in [1.82, 2.24) is 5.32 Å². The van der Waals surface area contributed by atoms with Crippen LogP contribution in [0.15, 0.2) is 42.5 Å². The van der Waals surface area contributed by atoms with Crippen molar-refractivity contribution in [2.24, 2.45) is 5.73 Å². The zero-order valence-electron chi connectivity index (χ0n) is 12.2. The van der Waals surface area contributed by atoms with E-state index >= 15 is 0 Å². The lowest BCUT2D eigenvalue weighted by molar-refractivity contribution is -0.120. The van der Waals surface area contributed by atoms with Crippen molar-refractivity contribution in [1.29, 1.82) is 0 Å². The van der Waals surface area contributed by atoms with Gasteiger partial charge in [-0.15, -0.1) is 0 Å². The summed E-state index contributed by atoms with van der Waals surface area (Å²) in [6.45, 7) is 0.